The number of rotatable bonds is 3. The Kier molecular flexibility index (Phi) is 4.52. The van der Waals surface area contributed by atoms with Gasteiger partial charge >= 0.3 is 0 Å². The van der Waals surface area contributed by atoms with E-state index in [2.05, 4.69) is 10.1 Å². The van der Waals surface area contributed by atoms with E-state index in [1.807, 2.05) is 34.6 Å². The molecule has 0 amide bonds. The molecule has 1 fully saturated rings. The molecule has 2 aromatic rings. The molecular formula is C17H21Cl2N3O3. The Labute approximate surface area is 157 Å². The third kappa shape index (κ3) is 3.12. The van der Waals surface area contributed by atoms with Crippen LogP contribution in [0.15, 0.2) is 30.9 Å². The van der Waals surface area contributed by atoms with Crippen LogP contribution in [0.1, 0.15) is 34.6 Å². The molecule has 1 aromatic carbocycles. The van der Waals surface area contributed by atoms with Gasteiger partial charge in [-0.3, -0.25) is 4.74 Å². The second-order valence-electron chi connectivity index (χ2n) is 7.23. The maximum absolute atomic E-state index is 6.37. The summed E-state index contributed by atoms with van der Waals surface area (Å²) in [6.07, 6.45) is 2.61. The number of nitrogens with zero attached hydrogens (tertiary/aromatic N) is 3. The van der Waals surface area contributed by atoms with Gasteiger partial charge in [-0.1, -0.05) is 44.0 Å². The maximum atomic E-state index is 6.37. The predicted octanol–water partition coefficient (Wildman–Crippen LogP) is 4.47. The van der Waals surface area contributed by atoms with Gasteiger partial charge in [0.1, 0.15) is 24.5 Å². The zero-order chi connectivity index (χ0) is 18.5. The fourth-order valence-electron chi connectivity index (χ4n) is 2.74. The van der Waals surface area contributed by atoms with Crippen LogP contribution in [0.5, 0.6) is 5.75 Å². The third-order valence-corrected chi connectivity index (χ3v) is 4.82. The maximum Gasteiger partial charge on any atom is 0.281 e. The molecule has 0 N–H and O–H groups in total. The molecule has 1 saturated heterocycles. The van der Waals surface area contributed by atoms with Crippen molar-refractivity contribution in [3.8, 4) is 5.75 Å². The van der Waals surface area contributed by atoms with Gasteiger partial charge in [-0.25, -0.2) is 4.98 Å². The summed E-state index contributed by atoms with van der Waals surface area (Å²) in [6, 6.07) is 5.04. The van der Waals surface area contributed by atoms with Gasteiger partial charge in [0.15, 0.2) is 0 Å². The Hall–Kier alpha value is -1.34. The van der Waals surface area contributed by atoms with Crippen molar-refractivity contribution in [3.63, 3.8) is 0 Å². The molecule has 6 nitrogen and oxygen atoms in total. The summed E-state index contributed by atoms with van der Waals surface area (Å²) in [7, 11) is 0. The highest BCUT2D eigenvalue weighted by Gasteiger charge is 2.62. The Morgan fingerprint density at radius 1 is 1.28 bits per heavy atom. The lowest BCUT2D eigenvalue weighted by atomic mass is 9.91. The SMILES string of the molecule is CC1OC(n2cncn2)(C(C)(C)C)OC1(C)Oc1ccc(Cl)cc1Cl. The number of aromatic nitrogens is 3. The van der Waals surface area contributed by atoms with Crippen LogP contribution < -0.4 is 4.74 Å². The number of hydrogen-bond acceptors (Lipinski definition) is 5. The molecular weight excluding hydrogens is 365 g/mol. The quantitative estimate of drug-likeness (QED) is 0.779. The second-order valence-corrected chi connectivity index (χ2v) is 8.07. The first-order valence-electron chi connectivity index (χ1n) is 7.94. The number of benzene rings is 1. The van der Waals surface area contributed by atoms with E-state index in [9.17, 15) is 0 Å². The van der Waals surface area contributed by atoms with Crippen molar-refractivity contribution < 1.29 is 14.2 Å². The van der Waals surface area contributed by atoms with Crippen LogP contribution in [0.2, 0.25) is 10.0 Å². The first-order chi connectivity index (χ1) is 11.6. The molecule has 2 heterocycles. The zero-order valence-electron chi connectivity index (χ0n) is 14.8. The number of ether oxygens (including phenoxy) is 3. The van der Waals surface area contributed by atoms with Crippen molar-refractivity contribution in [2.45, 2.75) is 52.4 Å². The minimum atomic E-state index is -1.17. The van der Waals surface area contributed by atoms with E-state index in [1.54, 1.807) is 29.2 Å². The average Bonchev–Trinajstić information content (AvgIpc) is 3.10. The first-order valence-corrected chi connectivity index (χ1v) is 8.70. The van der Waals surface area contributed by atoms with Crippen LogP contribution in [0.25, 0.3) is 0 Å². The highest BCUT2D eigenvalue weighted by atomic mass is 35.5. The topological polar surface area (TPSA) is 58.4 Å². The minimum absolute atomic E-state index is 0.400. The fraction of sp³-hybridized carbons (Fsp3) is 0.529. The van der Waals surface area contributed by atoms with Gasteiger partial charge in [0.25, 0.3) is 5.91 Å². The van der Waals surface area contributed by atoms with Crippen molar-refractivity contribution in [1.29, 1.82) is 0 Å². The third-order valence-electron chi connectivity index (χ3n) is 4.29. The van der Waals surface area contributed by atoms with Gasteiger partial charge in [-0.05, 0) is 25.1 Å². The lowest BCUT2D eigenvalue weighted by Gasteiger charge is -2.39. The van der Waals surface area contributed by atoms with Crippen LogP contribution in [0.4, 0.5) is 0 Å². The van der Waals surface area contributed by atoms with Crippen molar-refractivity contribution in [2.75, 3.05) is 0 Å². The summed E-state index contributed by atoms with van der Waals surface area (Å²) in [5.74, 6) is -1.79. The largest absolute Gasteiger partial charge is 0.458 e. The molecule has 3 rings (SSSR count). The van der Waals surface area contributed by atoms with E-state index < -0.39 is 23.2 Å². The Morgan fingerprint density at radius 3 is 2.56 bits per heavy atom. The summed E-state index contributed by atoms with van der Waals surface area (Å²) in [5.41, 5.74) is -0.445. The Balaban J connectivity index is 1.98. The molecule has 0 aliphatic carbocycles. The summed E-state index contributed by atoms with van der Waals surface area (Å²) in [5, 5.41) is 5.16. The molecule has 25 heavy (non-hydrogen) atoms. The van der Waals surface area contributed by atoms with Gasteiger partial charge in [-0.15, -0.1) is 0 Å². The van der Waals surface area contributed by atoms with Crippen LogP contribution in [0.3, 0.4) is 0 Å². The molecule has 0 radical (unpaired) electrons. The van der Waals surface area contributed by atoms with Gasteiger partial charge in [-0.2, -0.15) is 9.78 Å². The Morgan fingerprint density at radius 2 is 2.00 bits per heavy atom. The van der Waals surface area contributed by atoms with E-state index in [0.717, 1.165) is 0 Å². The van der Waals surface area contributed by atoms with Crippen molar-refractivity contribution in [1.82, 2.24) is 14.8 Å². The zero-order valence-corrected chi connectivity index (χ0v) is 16.3. The molecule has 1 aliphatic rings. The lowest BCUT2D eigenvalue weighted by Crippen LogP contribution is -2.49. The standard InChI is InChI=1S/C17H21Cl2N3O3/c1-11-16(5,24-14-7-6-12(18)8-13(14)19)25-17(23-11,15(2,3)4)22-10-20-9-21-22/h6-11H,1-5H3. The van der Waals surface area contributed by atoms with Crippen LogP contribution in [-0.4, -0.2) is 26.7 Å². The smallest absolute Gasteiger partial charge is 0.281 e. The normalized spacial score (nSPS) is 29.8. The molecule has 0 saturated carbocycles. The number of hydrogen-bond donors (Lipinski definition) is 0. The van der Waals surface area contributed by atoms with Crippen LogP contribution in [0, 0.1) is 5.41 Å². The molecule has 3 atom stereocenters. The van der Waals surface area contributed by atoms with E-state index in [1.165, 1.54) is 6.33 Å². The molecule has 0 bridgehead atoms. The van der Waals surface area contributed by atoms with Crippen molar-refractivity contribution in [2.24, 2.45) is 5.41 Å². The molecule has 1 aliphatic heterocycles. The molecule has 0 spiro atoms. The van der Waals surface area contributed by atoms with Gasteiger partial charge in [0.05, 0.1) is 5.02 Å². The van der Waals surface area contributed by atoms with E-state index in [4.69, 9.17) is 37.4 Å². The summed E-state index contributed by atoms with van der Waals surface area (Å²) in [6.45, 7) is 9.70. The molecule has 3 unspecified atom stereocenters. The highest BCUT2D eigenvalue weighted by Crippen LogP contribution is 2.50. The van der Waals surface area contributed by atoms with E-state index in [-0.39, 0.29) is 0 Å². The number of halogens is 2. The summed E-state index contributed by atoms with van der Waals surface area (Å²) >= 11 is 12.2. The summed E-state index contributed by atoms with van der Waals surface area (Å²) in [4.78, 5) is 4.02. The average molecular weight is 386 g/mol. The van der Waals surface area contributed by atoms with E-state index in [0.29, 0.717) is 15.8 Å². The first kappa shape index (κ1) is 18.5. The monoisotopic (exact) mass is 385 g/mol. The van der Waals surface area contributed by atoms with Gasteiger partial charge in [0, 0.05) is 17.4 Å². The molecule has 136 valence electrons. The van der Waals surface area contributed by atoms with Gasteiger partial charge < -0.3 is 9.47 Å². The van der Waals surface area contributed by atoms with E-state index >= 15 is 0 Å². The van der Waals surface area contributed by atoms with Crippen molar-refractivity contribution >= 4 is 23.2 Å². The molecule has 1 aromatic heterocycles. The van der Waals surface area contributed by atoms with Crippen LogP contribution >= 0.6 is 23.2 Å². The lowest BCUT2D eigenvalue weighted by molar-refractivity contribution is -0.330. The summed E-state index contributed by atoms with van der Waals surface area (Å²) < 4.78 is 20.3. The minimum Gasteiger partial charge on any atom is -0.458 e. The Bertz CT molecular complexity index is 763. The van der Waals surface area contributed by atoms with Crippen LogP contribution in [-0.2, 0) is 15.4 Å². The molecule has 8 heteroatoms. The highest BCUT2D eigenvalue weighted by molar-refractivity contribution is 6.35. The van der Waals surface area contributed by atoms with Crippen molar-refractivity contribution in [3.05, 3.63) is 40.9 Å². The predicted molar refractivity (Wildman–Crippen MR) is 94.6 cm³/mol. The fourth-order valence-corrected chi connectivity index (χ4v) is 3.19. The van der Waals surface area contributed by atoms with Gasteiger partial charge in [0.2, 0.25) is 5.79 Å². The second kappa shape index (κ2) is 6.13.